The van der Waals surface area contributed by atoms with E-state index in [9.17, 15) is 0 Å². The van der Waals surface area contributed by atoms with E-state index in [1.165, 1.54) is 0 Å². The van der Waals surface area contributed by atoms with Crippen LogP contribution >= 0.6 is 11.6 Å². The molecule has 1 aromatic carbocycles. The predicted octanol–water partition coefficient (Wildman–Crippen LogP) is 3.04. The highest BCUT2D eigenvalue weighted by Gasteiger charge is 1.98. The zero-order valence-electron chi connectivity index (χ0n) is 6.61. The van der Waals surface area contributed by atoms with Gasteiger partial charge in [0, 0.05) is 10.7 Å². The number of halogens is 1. The molecule has 0 saturated heterocycles. The van der Waals surface area contributed by atoms with E-state index in [2.05, 4.69) is 0 Å². The molecule has 0 saturated carbocycles. The Bertz CT molecular complexity index is 292. The molecule has 11 heavy (non-hydrogen) atoms. The molecule has 0 unspecified atom stereocenters. The van der Waals surface area contributed by atoms with E-state index in [-0.39, 0.29) is 0 Å². The van der Waals surface area contributed by atoms with E-state index in [1.807, 2.05) is 25.1 Å². The fourth-order valence-corrected chi connectivity index (χ4v) is 1.01. The summed E-state index contributed by atoms with van der Waals surface area (Å²) in [5, 5.41) is 8.07. The van der Waals surface area contributed by atoms with Crippen molar-refractivity contribution in [2.24, 2.45) is 0 Å². The smallest absolute Gasteiger partial charge is 0.0441 e. The minimum atomic E-state index is 0.548. The van der Waals surface area contributed by atoms with Crippen LogP contribution in [0, 0.1) is 12.3 Å². The average Bonchev–Trinajstić information content (AvgIpc) is 1.94. The molecule has 1 aromatic rings. The minimum absolute atomic E-state index is 0.548. The van der Waals surface area contributed by atoms with Crippen LogP contribution in [0.3, 0.4) is 0 Å². The predicted molar refractivity (Wildman–Crippen MR) is 48.7 cm³/mol. The van der Waals surface area contributed by atoms with Gasteiger partial charge >= 0.3 is 0 Å². The van der Waals surface area contributed by atoms with E-state index in [0.29, 0.717) is 5.71 Å². The summed E-state index contributed by atoms with van der Waals surface area (Å²) >= 11 is 5.86. The molecular weight excluding hydrogens is 158 g/mol. The molecule has 0 spiro atoms. The molecule has 0 amide bonds. The van der Waals surface area contributed by atoms with Gasteiger partial charge in [0.15, 0.2) is 0 Å². The number of hydrogen-bond acceptors (Lipinski definition) is 1. The van der Waals surface area contributed by atoms with E-state index >= 15 is 0 Å². The van der Waals surface area contributed by atoms with Crippen LogP contribution in [0.25, 0.3) is 0 Å². The van der Waals surface area contributed by atoms with Gasteiger partial charge in [-0.15, -0.1) is 0 Å². The van der Waals surface area contributed by atoms with Crippen molar-refractivity contribution < 1.29 is 0 Å². The maximum atomic E-state index is 7.34. The molecule has 0 atom stereocenters. The third-order valence-electron chi connectivity index (χ3n) is 1.60. The summed E-state index contributed by atoms with van der Waals surface area (Å²) in [5.74, 6) is 0. The Morgan fingerprint density at radius 1 is 1.45 bits per heavy atom. The Morgan fingerprint density at radius 2 is 2.09 bits per heavy atom. The van der Waals surface area contributed by atoms with E-state index in [1.54, 1.807) is 6.92 Å². The summed E-state index contributed by atoms with van der Waals surface area (Å²) in [7, 11) is 0. The van der Waals surface area contributed by atoms with E-state index in [4.69, 9.17) is 17.0 Å². The fraction of sp³-hybridized carbons (Fsp3) is 0.222. The molecule has 0 aliphatic heterocycles. The number of benzene rings is 1. The zero-order chi connectivity index (χ0) is 8.43. The largest absolute Gasteiger partial charge is 0.305 e. The molecule has 0 bridgehead atoms. The summed E-state index contributed by atoms with van der Waals surface area (Å²) in [6, 6.07) is 5.65. The maximum Gasteiger partial charge on any atom is 0.0441 e. The van der Waals surface area contributed by atoms with Gasteiger partial charge in [0.05, 0.1) is 0 Å². The van der Waals surface area contributed by atoms with Crippen molar-refractivity contribution >= 4 is 17.3 Å². The van der Waals surface area contributed by atoms with Crippen molar-refractivity contribution in [2.75, 3.05) is 0 Å². The summed E-state index contributed by atoms with van der Waals surface area (Å²) in [6.45, 7) is 3.70. The Kier molecular flexibility index (Phi) is 2.30. The number of aryl methyl sites for hydroxylation is 1. The first-order chi connectivity index (χ1) is 5.11. The fourth-order valence-electron chi connectivity index (χ4n) is 0.826. The van der Waals surface area contributed by atoms with Crippen LogP contribution in [-0.4, -0.2) is 5.71 Å². The van der Waals surface area contributed by atoms with Crippen molar-refractivity contribution in [1.29, 1.82) is 5.41 Å². The van der Waals surface area contributed by atoms with Gasteiger partial charge in [-0.2, -0.15) is 0 Å². The molecular formula is C9H10ClN. The van der Waals surface area contributed by atoms with E-state index in [0.717, 1.165) is 16.1 Å². The van der Waals surface area contributed by atoms with Gasteiger partial charge in [-0.1, -0.05) is 23.7 Å². The topological polar surface area (TPSA) is 23.9 Å². The Labute approximate surface area is 71.5 Å². The molecule has 0 aliphatic carbocycles. The maximum absolute atomic E-state index is 7.34. The van der Waals surface area contributed by atoms with Crippen LogP contribution in [0.2, 0.25) is 5.02 Å². The van der Waals surface area contributed by atoms with Crippen molar-refractivity contribution in [3.63, 3.8) is 0 Å². The highest BCUT2D eigenvalue weighted by atomic mass is 35.5. The molecule has 0 heterocycles. The molecule has 1 rings (SSSR count). The van der Waals surface area contributed by atoms with Gasteiger partial charge in [-0.3, -0.25) is 0 Å². The number of hydrogen-bond donors (Lipinski definition) is 1. The highest BCUT2D eigenvalue weighted by Crippen LogP contribution is 2.16. The molecule has 0 aliphatic rings. The second-order valence-electron chi connectivity index (χ2n) is 2.59. The Morgan fingerprint density at radius 3 is 2.55 bits per heavy atom. The minimum Gasteiger partial charge on any atom is -0.305 e. The summed E-state index contributed by atoms with van der Waals surface area (Å²) in [5.41, 5.74) is 2.49. The van der Waals surface area contributed by atoms with E-state index < -0.39 is 0 Å². The van der Waals surface area contributed by atoms with Crippen LogP contribution in [0.1, 0.15) is 18.1 Å². The lowest BCUT2D eigenvalue weighted by Gasteiger charge is -2.00. The highest BCUT2D eigenvalue weighted by molar-refractivity contribution is 6.31. The van der Waals surface area contributed by atoms with Gasteiger partial charge in [0.2, 0.25) is 0 Å². The van der Waals surface area contributed by atoms with Gasteiger partial charge < -0.3 is 5.41 Å². The van der Waals surface area contributed by atoms with Crippen LogP contribution in [-0.2, 0) is 0 Å². The average molecular weight is 168 g/mol. The molecule has 1 N–H and O–H groups in total. The normalized spacial score (nSPS) is 9.73. The van der Waals surface area contributed by atoms with Crippen LogP contribution in [0.4, 0.5) is 0 Å². The summed E-state index contributed by atoms with van der Waals surface area (Å²) < 4.78 is 0. The van der Waals surface area contributed by atoms with Gasteiger partial charge in [-0.25, -0.2) is 0 Å². The van der Waals surface area contributed by atoms with Crippen LogP contribution in [0.15, 0.2) is 18.2 Å². The van der Waals surface area contributed by atoms with Crippen molar-refractivity contribution in [3.05, 3.63) is 34.3 Å². The first-order valence-electron chi connectivity index (χ1n) is 3.43. The SMILES string of the molecule is CC(=N)c1ccc(C)c(Cl)c1. The quantitative estimate of drug-likeness (QED) is 0.622. The van der Waals surface area contributed by atoms with Crippen molar-refractivity contribution in [3.8, 4) is 0 Å². The summed E-state index contributed by atoms with van der Waals surface area (Å²) in [6.07, 6.45) is 0. The van der Waals surface area contributed by atoms with Gasteiger partial charge in [0.1, 0.15) is 0 Å². The Hall–Kier alpha value is -0.820. The molecule has 0 radical (unpaired) electrons. The second-order valence-corrected chi connectivity index (χ2v) is 3.00. The lowest BCUT2D eigenvalue weighted by molar-refractivity contribution is 1.42. The molecule has 58 valence electrons. The molecule has 0 fully saturated rings. The molecule has 1 nitrogen and oxygen atoms in total. The molecule has 2 heteroatoms. The lowest BCUT2D eigenvalue weighted by Crippen LogP contribution is -1.91. The third-order valence-corrected chi connectivity index (χ3v) is 2.01. The standard InChI is InChI=1S/C9H10ClN/c1-6-3-4-8(7(2)11)5-9(6)10/h3-5,11H,1-2H3. The van der Waals surface area contributed by atoms with Crippen LogP contribution < -0.4 is 0 Å². The number of rotatable bonds is 1. The molecule has 0 aromatic heterocycles. The van der Waals surface area contributed by atoms with Crippen molar-refractivity contribution in [2.45, 2.75) is 13.8 Å². The van der Waals surface area contributed by atoms with Crippen LogP contribution in [0.5, 0.6) is 0 Å². The lowest BCUT2D eigenvalue weighted by atomic mass is 10.1. The van der Waals surface area contributed by atoms with Gasteiger partial charge in [0.25, 0.3) is 0 Å². The first kappa shape index (κ1) is 8.28. The second kappa shape index (κ2) is 3.05. The first-order valence-corrected chi connectivity index (χ1v) is 3.80. The third kappa shape index (κ3) is 1.81. The Balaban J connectivity index is 3.15. The zero-order valence-corrected chi connectivity index (χ0v) is 7.37. The van der Waals surface area contributed by atoms with Crippen molar-refractivity contribution in [1.82, 2.24) is 0 Å². The number of nitrogens with one attached hydrogen (secondary N) is 1. The van der Waals surface area contributed by atoms with Gasteiger partial charge in [-0.05, 0) is 31.0 Å². The monoisotopic (exact) mass is 167 g/mol. The summed E-state index contributed by atoms with van der Waals surface area (Å²) in [4.78, 5) is 0.